The summed E-state index contributed by atoms with van der Waals surface area (Å²) in [5, 5.41) is 4.79. The Morgan fingerprint density at radius 3 is 1.82 bits per heavy atom. The van der Waals surface area contributed by atoms with Gasteiger partial charge in [-0.2, -0.15) is 0 Å². The Morgan fingerprint density at radius 2 is 1.29 bits per heavy atom. The molecule has 0 radical (unpaired) electrons. The molecule has 0 amide bonds. The molecule has 0 saturated carbocycles. The minimum absolute atomic E-state index is 0.369. The van der Waals surface area contributed by atoms with Crippen molar-refractivity contribution < 1.29 is 4.74 Å². The molecule has 0 unspecified atom stereocenters. The van der Waals surface area contributed by atoms with Gasteiger partial charge < -0.3 is 4.74 Å². The van der Waals surface area contributed by atoms with Crippen LogP contribution in [0.4, 0.5) is 0 Å². The molecule has 17 heavy (non-hydrogen) atoms. The molecule has 0 saturated heterocycles. The quantitative estimate of drug-likeness (QED) is 0.321. The van der Waals surface area contributed by atoms with E-state index in [4.69, 9.17) is 4.74 Å². The van der Waals surface area contributed by atoms with Crippen LogP contribution in [0.2, 0.25) is 15.8 Å². The molecule has 2 heteroatoms. The molecule has 0 bridgehead atoms. The first-order valence-corrected chi connectivity index (χ1v) is 10.4. The SMILES string of the molecule is CCC[CH2][Al]([CH2]CCC)[CH2]CCCCOCC. The number of hydrogen-bond acceptors (Lipinski definition) is 1. The summed E-state index contributed by atoms with van der Waals surface area (Å²) >= 11 is -0.369. The Hall–Kier alpha value is 0.492. The predicted molar refractivity (Wildman–Crippen MR) is 80.3 cm³/mol. The maximum Gasteiger partial charge on any atom is 0.261 e. The molecule has 0 N–H and O–H groups in total. The van der Waals surface area contributed by atoms with Gasteiger partial charge in [0.25, 0.3) is 14.1 Å². The van der Waals surface area contributed by atoms with Crippen LogP contribution in [0.15, 0.2) is 0 Å². The van der Waals surface area contributed by atoms with Crippen LogP contribution in [-0.2, 0) is 4.74 Å². The second-order valence-electron chi connectivity index (χ2n) is 5.20. The van der Waals surface area contributed by atoms with Crippen molar-refractivity contribution in [1.82, 2.24) is 0 Å². The Morgan fingerprint density at radius 1 is 0.706 bits per heavy atom. The van der Waals surface area contributed by atoms with Gasteiger partial charge in [-0.05, 0) is 13.3 Å². The largest absolute Gasteiger partial charge is 0.382 e. The van der Waals surface area contributed by atoms with Crippen LogP contribution >= 0.6 is 0 Å². The van der Waals surface area contributed by atoms with Gasteiger partial charge in [0.2, 0.25) is 0 Å². The molecule has 1 nitrogen and oxygen atoms in total. The van der Waals surface area contributed by atoms with Crippen LogP contribution in [-0.4, -0.2) is 27.4 Å². The summed E-state index contributed by atoms with van der Waals surface area (Å²) in [5.41, 5.74) is 0. The number of rotatable bonds is 13. The van der Waals surface area contributed by atoms with Crippen LogP contribution < -0.4 is 0 Å². The second-order valence-corrected chi connectivity index (χ2v) is 8.66. The predicted octanol–water partition coefficient (Wildman–Crippen LogP) is 5.29. The van der Waals surface area contributed by atoms with Gasteiger partial charge in [0.15, 0.2) is 0 Å². The Kier molecular flexibility index (Phi) is 15.0. The monoisotopic (exact) mass is 256 g/mol. The molecule has 0 aromatic heterocycles. The summed E-state index contributed by atoms with van der Waals surface area (Å²) in [6.45, 7) is 8.59. The van der Waals surface area contributed by atoms with Crippen LogP contribution in [0, 0.1) is 0 Å². The van der Waals surface area contributed by atoms with Crippen LogP contribution in [0.1, 0.15) is 65.7 Å². The molecule has 0 spiro atoms. The molecule has 0 fully saturated rings. The molecule has 0 rings (SSSR count). The van der Waals surface area contributed by atoms with Gasteiger partial charge in [0.05, 0.1) is 0 Å². The molecule has 0 aromatic carbocycles. The molecule has 0 aliphatic carbocycles. The van der Waals surface area contributed by atoms with Crippen molar-refractivity contribution >= 4 is 14.1 Å². The highest BCUT2D eigenvalue weighted by Crippen LogP contribution is 2.17. The Balaban J connectivity index is 3.45. The van der Waals surface area contributed by atoms with Crippen molar-refractivity contribution in [1.29, 1.82) is 0 Å². The van der Waals surface area contributed by atoms with E-state index in [0.717, 1.165) is 13.2 Å². The molecule has 0 aliphatic heterocycles. The van der Waals surface area contributed by atoms with Gasteiger partial charge in [-0.25, -0.2) is 0 Å². The molecule has 0 atom stereocenters. The van der Waals surface area contributed by atoms with E-state index in [9.17, 15) is 0 Å². The summed E-state index contributed by atoms with van der Waals surface area (Å²) in [6.07, 6.45) is 9.88. The smallest absolute Gasteiger partial charge is 0.261 e. The topological polar surface area (TPSA) is 9.23 Å². The first-order valence-electron chi connectivity index (χ1n) is 7.92. The second kappa shape index (κ2) is 14.6. The lowest BCUT2D eigenvalue weighted by molar-refractivity contribution is 0.143. The van der Waals surface area contributed by atoms with Crippen LogP contribution in [0.3, 0.4) is 0 Å². The minimum atomic E-state index is -0.369. The van der Waals surface area contributed by atoms with Crippen LogP contribution in [0.5, 0.6) is 0 Å². The fourth-order valence-corrected chi connectivity index (χ4v) is 6.08. The minimum Gasteiger partial charge on any atom is -0.382 e. The van der Waals surface area contributed by atoms with E-state index in [1.807, 2.05) is 0 Å². The molecule has 0 aromatic rings. The van der Waals surface area contributed by atoms with Gasteiger partial charge in [-0.3, -0.25) is 0 Å². The molecule has 0 aliphatic rings. The van der Waals surface area contributed by atoms with E-state index in [1.54, 1.807) is 15.8 Å². The summed E-state index contributed by atoms with van der Waals surface area (Å²) in [7, 11) is 0. The lowest BCUT2D eigenvalue weighted by Crippen LogP contribution is -2.11. The van der Waals surface area contributed by atoms with Crippen LogP contribution in [0.25, 0.3) is 0 Å². The third-order valence-electron chi connectivity index (χ3n) is 3.54. The number of hydrogen-bond donors (Lipinski definition) is 0. The van der Waals surface area contributed by atoms with Gasteiger partial charge in [0.1, 0.15) is 0 Å². The zero-order valence-electron chi connectivity index (χ0n) is 12.5. The first-order chi connectivity index (χ1) is 8.35. The number of unbranched alkanes of at least 4 members (excludes halogenated alkanes) is 4. The van der Waals surface area contributed by atoms with Crippen molar-refractivity contribution in [3.05, 3.63) is 0 Å². The van der Waals surface area contributed by atoms with Gasteiger partial charge in [0, 0.05) is 13.2 Å². The summed E-state index contributed by atoms with van der Waals surface area (Å²) in [5.74, 6) is 0. The van der Waals surface area contributed by atoms with E-state index in [0.29, 0.717) is 0 Å². The lowest BCUT2D eigenvalue weighted by atomic mass is 10.3. The molecule has 102 valence electrons. The van der Waals surface area contributed by atoms with Gasteiger partial charge >= 0.3 is 0 Å². The van der Waals surface area contributed by atoms with E-state index < -0.39 is 0 Å². The van der Waals surface area contributed by atoms with Crippen molar-refractivity contribution in [2.75, 3.05) is 13.2 Å². The van der Waals surface area contributed by atoms with Crippen molar-refractivity contribution in [2.45, 2.75) is 81.6 Å². The van der Waals surface area contributed by atoms with Crippen molar-refractivity contribution in [3.8, 4) is 0 Å². The average Bonchev–Trinajstić information content (AvgIpc) is 2.35. The third kappa shape index (κ3) is 12.7. The van der Waals surface area contributed by atoms with E-state index in [-0.39, 0.29) is 14.1 Å². The highest BCUT2D eigenvalue weighted by atomic mass is 27.2. The Labute approximate surface area is 114 Å². The standard InChI is InChI=1S/C7H15O.2C4H9.Al/c1-3-5-6-7-8-4-2;2*1-3-4-2;/h1,3-7H2,2H3;2*1,3-4H2,2H3;. The van der Waals surface area contributed by atoms with Crippen molar-refractivity contribution in [2.24, 2.45) is 0 Å². The number of ether oxygens (including phenoxy) is 1. The average molecular weight is 256 g/mol. The molecular formula is C15H33AlO. The lowest BCUT2D eigenvalue weighted by Gasteiger charge is -2.10. The summed E-state index contributed by atoms with van der Waals surface area (Å²) in [6, 6.07) is 0. The third-order valence-corrected chi connectivity index (χ3v) is 7.21. The molecule has 0 heterocycles. The maximum absolute atomic E-state index is 5.38. The Bertz CT molecular complexity index is 131. The summed E-state index contributed by atoms with van der Waals surface area (Å²) in [4.78, 5) is 0. The zero-order chi connectivity index (χ0) is 12.8. The highest BCUT2D eigenvalue weighted by Gasteiger charge is 2.14. The maximum atomic E-state index is 5.38. The van der Waals surface area contributed by atoms with E-state index in [1.165, 1.54) is 44.9 Å². The van der Waals surface area contributed by atoms with Gasteiger partial charge in [-0.15, -0.1) is 0 Å². The van der Waals surface area contributed by atoms with Gasteiger partial charge in [-0.1, -0.05) is 68.2 Å². The van der Waals surface area contributed by atoms with E-state index in [2.05, 4.69) is 20.8 Å². The van der Waals surface area contributed by atoms with Crippen molar-refractivity contribution in [3.63, 3.8) is 0 Å². The fourth-order valence-electron chi connectivity index (χ4n) is 2.38. The molecular weight excluding hydrogens is 223 g/mol. The highest BCUT2D eigenvalue weighted by molar-refractivity contribution is 6.58. The van der Waals surface area contributed by atoms with E-state index >= 15 is 0 Å². The normalized spacial score (nSPS) is 10.8. The zero-order valence-corrected chi connectivity index (χ0v) is 13.6. The summed E-state index contributed by atoms with van der Waals surface area (Å²) < 4.78 is 5.38. The first kappa shape index (κ1) is 17.5. The fraction of sp³-hybridized carbons (Fsp3) is 1.00.